The molecular weight excluding hydrogens is 254 g/mol. The Morgan fingerprint density at radius 3 is 2.10 bits per heavy atom. The zero-order valence-electron chi connectivity index (χ0n) is 11.4. The van der Waals surface area contributed by atoms with Gasteiger partial charge in [0.05, 0.1) is 5.71 Å². The zero-order chi connectivity index (χ0) is 14.7. The molecular formula is C16H17NO3. The highest BCUT2D eigenvalue weighted by atomic mass is 16.4. The number of rotatable bonds is 3. The standard InChI is InChI=1S/C16H17NO3/c1-10(2)16(17-20)14-9-12(5-8-15(14)19)11-3-6-13(18)7-4-11/h3-10,18-20H,1-2H3/b17-16+. The summed E-state index contributed by atoms with van der Waals surface area (Å²) in [7, 11) is 0. The van der Waals surface area contributed by atoms with E-state index < -0.39 is 0 Å². The number of benzene rings is 2. The molecule has 2 aromatic carbocycles. The van der Waals surface area contributed by atoms with E-state index in [0.29, 0.717) is 11.3 Å². The summed E-state index contributed by atoms with van der Waals surface area (Å²) in [5.41, 5.74) is 2.72. The van der Waals surface area contributed by atoms with Gasteiger partial charge in [0, 0.05) is 5.56 Å². The van der Waals surface area contributed by atoms with Crippen molar-refractivity contribution in [2.24, 2.45) is 11.1 Å². The fourth-order valence-electron chi connectivity index (χ4n) is 2.05. The van der Waals surface area contributed by atoms with Crippen molar-refractivity contribution < 1.29 is 15.4 Å². The van der Waals surface area contributed by atoms with E-state index in [1.54, 1.807) is 42.5 Å². The molecule has 0 atom stereocenters. The molecule has 2 rings (SSSR count). The maximum absolute atomic E-state index is 9.94. The van der Waals surface area contributed by atoms with Gasteiger partial charge in [0.1, 0.15) is 11.5 Å². The van der Waals surface area contributed by atoms with Crippen molar-refractivity contribution >= 4 is 5.71 Å². The van der Waals surface area contributed by atoms with Crippen molar-refractivity contribution in [3.8, 4) is 22.6 Å². The van der Waals surface area contributed by atoms with Crippen LogP contribution in [-0.4, -0.2) is 21.1 Å². The van der Waals surface area contributed by atoms with Gasteiger partial charge in [-0.1, -0.05) is 37.2 Å². The molecule has 0 amide bonds. The van der Waals surface area contributed by atoms with Crippen LogP contribution in [0, 0.1) is 5.92 Å². The molecule has 0 aliphatic rings. The summed E-state index contributed by atoms with van der Waals surface area (Å²) in [5, 5.41) is 31.7. The minimum absolute atomic E-state index is 0.0130. The highest BCUT2D eigenvalue weighted by Gasteiger charge is 2.14. The van der Waals surface area contributed by atoms with Crippen LogP contribution >= 0.6 is 0 Å². The third kappa shape index (κ3) is 2.74. The average Bonchev–Trinajstić information content (AvgIpc) is 2.42. The van der Waals surface area contributed by atoms with Gasteiger partial charge < -0.3 is 15.4 Å². The lowest BCUT2D eigenvalue weighted by molar-refractivity contribution is 0.316. The Kier molecular flexibility index (Phi) is 3.94. The van der Waals surface area contributed by atoms with E-state index in [2.05, 4.69) is 5.16 Å². The molecule has 0 spiro atoms. The maximum atomic E-state index is 9.94. The minimum atomic E-state index is -0.0130. The lowest BCUT2D eigenvalue weighted by Gasteiger charge is -2.12. The molecule has 0 aromatic heterocycles. The largest absolute Gasteiger partial charge is 0.508 e. The molecule has 20 heavy (non-hydrogen) atoms. The van der Waals surface area contributed by atoms with E-state index in [4.69, 9.17) is 5.21 Å². The summed E-state index contributed by atoms with van der Waals surface area (Å²) < 4.78 is 0. The predicted octanol–water partition coefficient (Wildman–Crippen LogP) is 3.60. The summed E-state index contributed by atoms with van der Waals surface area (Å²) in [6, 6.07) is 11.9. The molecule has 0 aliphatic carbocycles. The smallest absolute Gasteiger partial charge is 0.124 e. The van der Waals surface area contributed by atoms with Crippen LogP contribution in [0.15, 0.2) is 47.6 Å². The lowest BCUT2D eigenvalue weighted by Crippen LogP contribution is -2.09. The molecule has 4 nitrogen and oxygen atoms in total. The Morgan fingerprint density at radius 2 is 1.55 bits per heavy atom. The second kappa shape index (κ2) is 5.65. The SMILES string of the molecule is CC(C)/C(=N\O)c1cc(-c2ccc(O)cc2)ccc1O. The summed E-state index contributed by atoms with van der Waals surface area (Å²) in [6.07, 6.45) is 0. The van der Waals surface area contributed by atoms with Crippen molar-refractivity contribution in [3.63, 3.8) is 0 Å². The predicted molar refractivity (Wildman–Crippen MR) is 78.4 cm³/mol. The van der Waals surface area contributed by atoms with Crippen LogP contribution < -0.4 is 0 Å². The fourth-order valence-corrected chi connectivity index (χ4v) is 2.05. The molecule has 0 aliphatic heterocycles. The zero-order valence-corrected chi connectivity index (χ0v) is 11.4. The molecule has 0 saturated carbocycles. The van der Waals surface area contributed by atoms with Gasteiger partial charge in [0.25, 0.3) is 0 Å². The van der Waals surface area contributed by atoms with E-state index in [9.17, 15) is 10.2 Å². The van der Waals surface area contributed by atoms with Crippen molar-refractivity contribution in [2.45, 2.75) is 13.8 Å². The molecule has 4 heteroatoms. The number of aromatic hydroxyl groups is 2. The highest BCUT2D eigenvalue weighted by Crippen LogP contribution is 2.29. The van der Waals surface area contributed by atoms with Gasteiger partial charge in [-0.2, -0.15) is 0 Å². The summed E-state index contributed by atoms with van der Waals surface area (Å²) in [5.74, 6) is 0.266. The number of hydrogen-bond acceptors (Lipinski definition) is 4. The van der Waals surface area contributed by atoms with E-state index in [1.165, 1.54) is 0 Å². The Labute approximate surface area is 117 Å². The second-order valence-electron chi connectivity index (χ2n) is 4.92. The minimum Gasteiger partial charge on any atom is -0.508 e. The third-order valence-electron chi connectivity index (χ3n) is 3.13. The number of nitrogens with zero attached hydrogens (tertiary/aromatic N) is 1. The topological polar surface area (TPSA) is 73.1 Å². The molecule has 0 unspecified atom stereocenters. The van der Waals surface area contributed by atoms with Crippen LogP contribution in [0.3, 0.4) is 0 Å². The first-order valence-electron chi connectivity index (χ1n) is 6.37. The lowest BCUT2D eigenvalue weighted by atomic mass is 9.95. The monoisotopic (exact) mass is 271 g/mol. The van der Waals surface area contributed by atoms with E-state index in [0.717, 1.165) is 11.1 Å². The molecule has 3 N–H and O–H groups in total. The maximum Gasteiger partial charge on any atom is 0.124 e. The Balaban J connectivity index is 2.51. The van der Waals surface area contributed by atoms with Crippen LogP contribution in [0.1, 0.15) is 19.4 Å². The van der Waals surface area contributed by atoms with Crippen LogP contribution in [0.2, 0.25) is 0 Å². The van der Waals surface area contributed by atoms with Gasteiger partial charge in [-0.05, 0) is 41.3 Å². The first kappa shape index (κ1) is 13.9. The number of hydrogen-bond donors (Lipinski definition) is 3. The van der Waals surface area contributed by atoms with E-state index >= 15 is 0 Å². The van der Waals surface area contributed by atoms with Gasteiger partial charge >= 0.3 is 0 Å². The molecule has 104 valence electrons. The first-order chi connectivity index (χ1) is 9.52. The summed E-state index contributed by atoms with van der Waals surface area (Å²) >= 11 is 0. The van der Waals surface area contributed by atoms with Gasteiger partial charge in [-0.25, -0.2) is 0 Å². The average molecular weight is 271 g/mol. The van der Waals surface area contributed by atoms with E-state index in [1.807, 2.05) is 13.8 Å². The molecule has 0 bridgehead atoms. The van der Waals surface area contributed by atoms with E-state index in [-0.39, 0.29) is 17.4 Å². The summed E-state index contributed by atoms with van der Waals surface area (Å²) in [6.45, 7) is 3.78. The molecule has 0 heterocycles. The Morgan fingerprint density at radius 1 is 0.950 bits per heavy atom. The van der Waals surface area contributed by atoms with Gasteiger partial charge in [-0.3, -0.25) is 0 Å². The van der Waals surface area contributed by atoms with Crippen molar-refractivity contribution in [1.82, 2.24) is 0 Å². The van der Waals surface area contributed by atoms with Gasteiger partial charge in [0.15, 0.2) is 0 Å². The second-order valence-corrected chi connectivity index (χ2v) is 4.92. The quantitative estimate of drug-likeness (QED) is 0.453. The number of oxime groups is 1. The normalized spacial score (nSPS) is 11.8. The Hall–Kier alpha value is -2.49. The molecule has 2 aromatic rings. The molecule has 0 radical (unpaired) electrons. The van der Waals surface area contributed by atoms with Crippen LogP contribution in [0.5, 0.6) is 11.5 Å². The molecule has 0 saturated heterocycles. The first-order valence-corrected chi connectivity index (χ1v) is 6.37. The van der Waals surface area contributed by atoms with Crippen LogP contribution in [0.25, 0.3) is 11.1 Å². The van der Waals surface area contributed by atoms with Crippen molar-refractivity contribution in [1.29, 1.82) is 0 Å². The van der Waals surface area contributed by atoms with Crippen LogP contribution in [-0.2, 0) is 0 Å². The Bertz CT molecular complexity index is 631. The summed E-state index contributed by atoms with van der Waals surface area (Å²) in [4.78, 5) is 0. The number of phenols is 2. The fraction of sp³-hybridized carbons (Fsp3) is 0.188. The number of phenolic OH excluding ortho intramolecular Hbond substituents is 2. The molecule has 0 fully saturated rings. The van der Waals surface area contributed by atoms with Crippen molar-refractivity contribution in [3.05, 3.63) is 48.0 Å². The third-order valence-corrected chi connectivity index (χ3v) is 3.13. The van der Waals surface area contributed by atoms with Gasteiger partial charge in [-0.15, -0.1) is 0 Å². The highest BCUT2D eigenvalue weighted by molar-refractivity contribution is 6.04. The van der Waals surface area contributed by atoms with Gasteiger partial charge in [0.2, 0.25) is 0 Å². The van der Waals surface area contributed by atoms with Crippen LogP contribution in [0.4, 0.5) is 0 Å². The van der Waals surface area contributed by atoms with Crippen molar-refractivity contribution in [2.75, 3.05) is 0 Å².